The smallest absolute Gasteiger partial charge is 0.274 e. The number of hydrogen-bond donors (Lipinski definition) is 2. The lowest BCUT2D eigenvalue weighted by molar-refractivity contribution is 0.102. The lowest BCUT2D eigenvalue weighted by Gasteiger charge is -2.07. The Kier molecular flexibility index (Phi) is 4.88. The van der Waals surface area contributed by atoms with Crippen molar-refractivity contribution in [3.8, 4) is 6.07 Å². The molecule has 0 unspecified atom stereocenters. The van der Waals surface area contributed by atoms with Gasteiger partial charge in [-0.3, -0.25) is 4.79 Å². The summed E-state index contributed by atoms with van der Waals surface area (Å²) in [5.41, 5.74) is 2.03. The number of benzene rings is 2. The van der Waals surface area contributed by atoms with E-state index in [0.717, 1.165) is 5.69 Å². The Morgan fingerprint density at radius 1 is 1.08 bits per heavy atom. The predicted molar refractivity (Wildman–Crippen MR) is 95.9 cm³/mol. The third kappa shape index (κ3) is 4.31. The Bertz CT molecular complexity index is 950. The molecule has 7 heteroatoms. The van der Waals surface area contributed by atoms with Crippen LogP contribution in [0.4, 0.5) is 17.3 Å². The van der Waals surface area contributed by atoms with Crippen molar-refractivity contribution in [1.82, 2.24) is 9.97 Å². The lowest BCUT2D eigenvalue weighted by atomic mass is 10.2. The predicted octanol–water partition coefficient (Wildman–Crippen LogP) is 4.00. The molecule has 0 fully saturated rings. The highest BCUT2D eigenvalue weighted by atomic mass is 35.5. The molecule has 0 aliphatic heterocycles. The van der Waals surface area contributed by atoms with Crippen LogP contribution in [0.25, 0.3) is 0 Å². The quantitative estimate of drug-likeness (QED) is 0.743. The third-order valence-electron chi connectivity index (χ3n) is 3.24. The first-order valence-corrected chi connectivity index (χ1v) is 7.69. The summed E-state index contributed by atoms with van der Waals surface area (Å²) < 4.78 is 0. The first-order valence-electron chi connectivity index (χ1n) is 7.31. The summed E-state index contributed by atoms with van der Waals surface area (Å²) in [7, 11) is 0. The van der Waals surface area contributed by atoms with E-state index in [1.165, 1.54) is 12.3 Å². The number of amides is 1. The summed E-state index contributed by atoms with van der Waals surface area (Å²) in [6.45, 7) is 0. The second-order valence-electron chi connectivity index (χ2n) is 5.04. The van der Waals surface area contributed by atoms with Crippen molar-refractivity contribution >= 4 is 34.8 Å². The van der Waals surface area contributed by atoms with Crippen molar-refractivity contribution in [2.45, 2.75) is 0 Å². The van der Waals surface area contributed by atoms with Gasteiger partial charge in [0.1, 0.15) is 5.69 Å². The molecule has 1 heterocycles. The van der Waals surface area contributed by atoms with Gasteiger partial charge in [0, 0.05) is 22.6 Å². The van der Waals surface area contributed by atoms with E-state index in [0.29, 0.717) is 16.3 Å². The van der Waals surface area contributed by atoms with E-state index in [1.807, 2.05) is 12.1 Å². The molecule has 0 aliphatic carbocycles. The zero-order chi connectivity index (χ0) is 17.6. The molecule has 0 bridgehead atoms. The lowest BCUT2D eigenvalue weighted by Crippen LogP contribution is -2.14. The molecular weight excluding hydrogens is 338 g/mol. The fourth-order valence-corrected chi connectivity index (χ4v) is 2.25. The maximum absolute atomic E-state index is 12.3. The summed E-state index contributed by atoms with van der Waals surface area (Å²) >= 11 is 5.94. The van der Waals surface area contributed by atoms with Gasteiger partial charge in [0.25, 0.3) is 5.91 Å². The summed E-state index contributed by atoms with van der Waals surface area (Å²) in [6, 6.07) is 17.2. The molecule has 1 aromatic heterocycles. The Hall–Kier alpha value is -3.43. The number of rotatable bonds is 4. The van der Waals surface area contributed by atoms with Gasteiger partial charge in [-0.15, -0.1) is 0 Å². The van der Waals surface area contributed by atoms with Crippen molar-refractivity contribution in [2.75, 3.05) is 10.6 Å². The van der Waals surface area contributed by atoms with Crippen LogP contribution in [0.15, 0.2) is 60.8 Å². The Morgan fingerprint density at radius 2 is 1.88 bits per heavy atom. The maximum Gasteiger partial charge on any atom is 0.274 e. The minimum Gasteiger partial charge on any atom is -0.324 e. The number of carbonyl (C=O) groups is 1. The van der Waals surface area contributed by atoms with E-state index in [2.05, 4.69) is 20.6 Å². The number of nitrogens with zero attached hydrogens (tertiary/aromatic N) is 3. The van der Waals surface area contributed by atoms with Gasteiger partial charge in [-0.05, 0) is 48.5 Å². The highest BCUT2D eigenvalue weighted by Crippen LogP contribution is 2.18. The molecule has 2 N–H and O–H groups in total. The molecular formula is C18H12ClN5O. The Labute approximate surface area is 149 Å². The number of nitriles is 1. The molecule has 0 saturated carbocycles. The number of hydrogen-bond acceptors (Lipinski definition) is 5. The van der Waals surface area contributed by atoms with Crippen LogP contribution >= 0.6 is 11.6 Å². The van der Waals surface area contributed by atoms with E-state index in [9.17, 15) is 4.79 Å². The SMILES string of the molecule is N#Cc1ccc(NC(=O)c2ccnc(Nc3cccc(Cl)c3)n2)cc1. The molecule has 122 valence electrons. The van der Waals surface area contributed by atoms with Crippen LogP contribution in [0, 0.1) is 11.3 Å². The van der Waals surface area contributed by atoms with Crippen LogP contribution < -0.4 is 10.6 Å². The average molecular weight is 350 g/mol. The van der Waals surface area contributed by atoms with Crippen LogP contribution in [-0.2, 0) is 0 Å². The molecule has 0 atom stereocenters. The molecule has 2 aromatic carbocycles. The van der Waals surface area contributed by atoms with Crippen molar-refractivity contribution < 1.29 is 4.79 Å². The van der Waals surface area contributed by atoms with E-state index in [4.69, 9.17) is 16.9 Å². The number of carbonyl (C=O) groups excluding carboxylic acids is 1. The number of halogens is 1. The van der Waals surface area contributed by atoms with E-state index >= 15 is 0 Å². The average Bonchev–Trinajstić information content (AvgIpc) is 2.62. The summed E-state index contributed by atoms with van der Waals surface area (Å²) in [4.78, 5) is 20.6. The van der Waals surface area contributed by atoms with Crippen molar-refractivity contribution in [3.05, 3.63) is 77.1 Å². The van der Waals surface area contributed by atoms with Crippen LogP contribution in [-0.4, -0.2) is 15.9 Å². The van der Waals surface area contributed by atoms with Crippen LogP contribution in [0.3, 0.4) is 0 Å². The monoisotopic (exact) mass is 349 g/mol. The zero-order valence-electron chi connectivity index (χ0n) is 12.9. The van der Waals surface area contributed by atoms with Gasteiger partial charge in [-0.2, -0.15) is 5.26 Å². The van der Waals surface area contributed by atoms with E-state index in [-0.39, 0.29) is 17.5 Å². The second kappa shape index (κ2) is 7.43. The molecule has 0 saturated heterocycles. The number of nitrogens with one attached hydrogen (secondary N) is 2. The molecule has 3 aromatic rings. The van der Waals surface area contributed by atoms with Crippen molar-refractivity contribution in [1.29, 1.82) is 5.26 Å². The molecule has 0 radical (unpaired) electrons. The van der Waals surface area contributed by atoms with Crippen LogP contribution in [0.1, 0.15) is 16.1 Å². The largest absolute Gasteiger partial charge is 0.324 e. The van der Waals surface area contributed by atoms with E-state index < -0.39 is 0 Å². The van der Waals surface area contributed by atoms with Gasteiger partial charge in [0.2, 0.25) is 5.95 Å². The van der Waals surface area contributed by atoms with Gasteiger partial charge >= 0.3 is 0 Å². The number of aromatic nitrogens is 2. The van der Waals surface area contributed by atoms with Gasteiger partial charge in [-0.1, -0.05) is 17.7 Å². The molecule has 6 nitrogen and oxygen atoms in total. The normalized spacial score (nSPS) is 9.92. The molecule has 0 aliphatic rings. The summed E-state index contributed by atoms with van der Waals surface area (Å²) in [5.74, 6) is -0.0870. The van der Waals surface area contributed by atoms with Crippen LogP contribution in [0.5, 0.6) is 0 Å². The van der Waals surface area contributed by atoms with Crippen LogP contribution in [0.2, 0.25) is 5.02 Å². The van der Waals surface area contributed by atoms with Crippen molar-refractivity contribution in [3.63, 3.8) is 0 Å². The first-order chi connectivity index (χ1) is 12.1. The fraction of sp³-hybridized carbons (Fsp3) is 0. The molecule has 25 heavy (non-hydrogen) atoms. The van der Waals surface area contributed by atoms with Gasteiger partial charge in [-0.25, -0.2) is 9.97 Å². The number of anilines is 3. The Balaban J connectivity index is 1.73. The van der Waals surface area contributed by atoms with Gasteiger partial charge in [0.05, 0.1) is 11.6 Å². The zero-order valence-corrected chi connectivity index (χ0v) is 13.7. The topological polar surface area (TPSA) is 90.7 Å². The standard InChI is InChI=1S/C18H12ClN5O/c19-13-2-1-3-15(10-13)23-18-21-9-8-16(24-18)17(25)22-14-6-4-12(11-20)5-7-14/h1-10H,(H,22,25)(H,21,23,24). The van der Waals surface area contributed by atoms with Gasteiger partial charge < -0.3 is 10.6 Å². The highest BCUT2D eigenvalue weighted by Gasteiger charge is 2.09. The third-order valence-corrected chi connectivity index (χ3v) is 3.48. The van der Waals surface area contributed by atoms with Crippen molar-refractivity contribution in [2.24, 2.45) is 0 Å². The summed E-state index contributed by atoms with van der Waals surface area (Å²) in [6.07, 6.45) is 1.49. The Morgan fingerprint density at radius 3 is 2.60 bits per heavy atom. The van der Waals surface area contributed by atoms with E-state index in [1.54, 1.807) is 42.5 Å². The molecule has 0 spiro atoms. The summed E-state index contributed by atoms with van der Waals surface area (Å²) in [5, 5.41) is 15.1. The maximum atomic E-state index is 12.3. The minimum atomic E-state index is -0.374. The first kappa shape index (κ1) is 16.4. The minimum absolute atomic E-state index is 0.212. The molecule has 3 rings (SSSR count). The molecule has 1 amide bonds. The van der Waals surface area contributed by atoms with Gasteiger partial charge in [0.15, 0.2) is 0 Å². The second-order valence-corrected chi connectivity index (χ2v) is 5.48. The highest BCUT2D eigenvalue weighted by molar-refractivity contribution is 6.30. The fourth-order valence-electron chi connectivity index (χ4n) is 2.06.